The quantitative estimate of drug-likeness (QED) is 0.0111. The van der Waals surface area contributed by atoms with Crippen molar-refractivity contribution in [3.8, 4) is 5.75 Å². The number of para-hydroxylation sites is 1. The minimum Gasteiger partial charge on any atom is -0.508 e. The van der Waals surface area contributed by atoms with Crippen molar-refractivity contribution in [2.45, 2.75) is 134 Å². The number of H-pyrrole nitrogens is 1. The Hall–Kier alpha value is -9.80. The zero-order valence-electron chi connectivity index (χ0n) is 48.4. The number of fused-ring (bicyclic) bond motifs is 1. The number of aromatic amines is 1. The molecular formula is C57H78N16O13. The lowest BCUT2D eigenvalue weighted by atomic mass is 9.97. The maximum Gasteiger partial charge on any atom is 0.334 e. The molecule has 4 aromatic rings. The number of amides is 12. The number of primary amides is 2. The maximum atomic E-state index is 14.1. The number of aliphatic hydroxyl groups excluding tert-OH is 1. The van der Waals surface area contributed by atoms with Gasteiger partial charge in [0.05, 0.1) is 12.5 Å². The van der Waals surface area contributed by atoms with E-state index in [-0.39, 0.29) is 75.7 Å². The van der Waals surface area contributed by atoms with Crippen molar-refractivity contribution in [1.82, 2.24) is 68.6 Å². The maximum absolute atomic E-state index is 14.1. The third kappa shape index (κ3) is 20.5. The van der Waals surface area contributed by atoms with E-state index in [4.69, 9.17) is 16.9 Å². The highest BCUT2D eigenvalue weighted by atomic mass is 16.3. The van der Waals surface area contributed by atoms with Gasteiger partial charge in [0.2, 0.25) is 53.2 Å². The number of aromatic nitrogens is 1. The number of nitrogens with one attached hydrogen (secondary N) is 13. The summed E-state index contributed by atoms with van der Waals surface area (Å²) in [4.78, 5) is 152. The summed E-state index contributed by atoms with van der Waals surface area (Å²) in [6.07, 6.45) is -0.556. The Morgan fingerprint density at radius 2 is 1.29 bits per heavy atom. The third-order valence-electron chi connectivity index (χ3n) is 13.9. The Bertz CT molecular complexity index is 3070. The van der Waals surface area contributed by atoms with E-state index in [2.05, 4.69) is 63.7 Å². The van der Waals surface area contributed by atoms with E-state index in [0.717, 1.165) is 17.8 Å². The van der Waals surface area contributed by atoms with Crippen LogP contribution in [0.2, 0.25) is 0 Å². The number of guanidine groups is 1. The molecule has 0 aliphatic carbocycles. The van der Waals surface area contributed by atoms with Gasteiger partial charge >= 0.3 is 6.03 Å². The van der Waals surface area contributed by atoms with Gasteiger partial charge in [0.1, 0.15) is 54.1 Å². The highest BCUT2D eigenvalue weighted by Crippen LogP contribution is 2.22. The summed E-state index contributed by atoms with van der Waals surface area (Å²) in [6, 6.07) is 9.24. The fourth-order valence-corrected chi connectivity index (χ4v) is 9.36. The zero-order chi connectivity index (χ0) is 63.2. The van der Waals surface area contributed by atoms with Crippen LogP contribution in [0.1, 0.15) is 76.5 Å². The van der Waals surface area contributed by atoms with Gasteiger partial charge in [-0.25, -0.2) is 10.2 Å². The molecule has 1 unspecified atom stereocenters. The molecule has 2 heterocycles. The Labute approximate surface area is 495 Å². The lowest BCUT2D eigenvalue weighted by Gasteiger charge is -2.42. The van der Waals surface area contributed by atoms with Gasteiger partial charge in [-0.15, -0.1) is 0 Å². The first-order valence-corrected chi connectivity index (χ1v) is 27.9. The Balaban J connectivity index is 1.25. The molecule has 5 rings (SSSR count). The van der Waals surface area contributed by atoms with Gasteiger partial charge in [-0.1, -0.05) is 74.5 Å². The first-order valence-electron chi connectivity index (χ1n) is 27.9. The molecule has 0 bridgehead atoms. The molecule has 1 fully saturated rings. The molecule has 0 saturated carbocycles. The fourth-order valence-electron chi connectivity index (χ4n) is 9.36. The number of phenolic OH excluding ortho intramolecular Hbond substituents is 1. The predicted octanol–water partition coefficient (Wildman–Crippen LogP) is -2.56. The summed E-state index contributed by atoms with van der Waals surface area (Å²) in [6.45, 7) is 6.20. The number of hydrogen-bond donors (Lipinski definition) is 17. The lowest BCUT2D eigenvalue weighted by Crippen LogP contribution is -2.65. The minimum atomic E-state index is -1.85. The van der Waals surface area contributed by atoms with E-state index in [1.165, 1.54) is 24.0 Å². The molecule has 29 nitrogen and oxygen atoms in total. The van der Waals surface area contributed by atoms with Crippen LogP contribution in [0.15, 0.2) is 85.1 Å². The van der Waals surface area contributed by atoms with E-state index < -0.39 is 126 Å². The van der Waals surface area contributed by atoms with Crippen LogP contribution in [0.5, 0.6) is 5.75 Å². The van der Waals surface area contributed by atoms with Gasteiger partial charge in [0, 0.05) is 63.4 Å². The number of phenols is 1. The van der Waals surface area contributed by atoms with Crippen LogP contribution in [-0.4, -0.2) is 166 Å². The number of benzene rings is 3. The second-order valence-corrected chi connectivity index (χ2v) is 21.2. The number of nitrogens with zero attached hydrogens (tertiary/aromatic N) is 1. The summed E-state index contributed by atoms with van der Waals surface area (Å²) in [5.41, 5.74) is 18.2. The number of hydrazine groups is 1. The Morgan fingerprint density at radius 3 is 1.91 bits per heavy atom. The average Bonchev–Trinajstić information content (AvgIpc) is 4.06. The average molecular weight is 1200 g/mol. The topological polar surface area (TPSA) is 455 Å². The molecule has 0 spiro atoms. The molecule has 1 aromatic heterocycles. The molecule has 29 heteroatoms. The van der Waals surface area contributed by atoms with E-state index in [1.807, 2.05) is 24.3 Å². The lowest BCUT2D eigenvalue weighted by molar-refractivity contribution is -0.150. The van der Waals surface area contributed by atoms with Crippen LogP contribution in [0.25, 0.3) is 10.9 Å². The van der Waals surface area contributed by atoms with Crippen LogP contribution in [-0.2, 0) is 67.2 Å². The molecule has 19 N–H and O–H groups in total. The SMILES string of the molecule is CNC(=N)NCCC[C@H](NC(=O)[C@H](CC(C)C)NC(=O)NNC(=O)[C@H](Cc1ccccc1)NC(=O)[C@@H](NC(=O)[C@H](CC(N)=O)NC(=O)C1CCN1C(=O)[C@@H](Cc1ccc(O)cc1)NC(C)=O)[C@@H](C)O)C(=O)N[C@@H](Cc1c[nH]c2ccccc12)C(N)=O. The first kappa shape index (κ1) is 67.0. The number of rotatable bonds is 30. The third-order valence-corrected chi connectivity index (χ3v) is 13.9. The summed E-state index contributed by atoms with van der Waals surface area (Å²) >= 11 is 0. The van der Waals surface area contributed by atoms with E-state index in [1.54, 1.807) is 69.6 Å². The molecule has 1 aliphatic rings. The normalized spacial score (nSPS) is 15.4. The molecule has 86 heavy (non-hydrogen) atoms. The van der Waals surface area contributed by atoms with E-state index >= 15 is 0 Å². The number of urea groups is 1. The molecule has 0 radical (unpaired) electrons. The number of aliphatic hydroxyl groups is 1. The fraction of sp³-hybridized carbons (Fsp3) is 0.439. The highest BCUT2D eigenvalue weighted by molar-refractivity contribution is 5.99. The molecule has 464 valence electrons. The van der Waals surface area contributed by atoms with Crippen LogP contribution in [0, 0.1) is 11.3 Å². The summed E-state index contributed by atoms with van der Waals surface area (Å²) in [5, 5.41) is 52.3. The molecule has 12 amide bonds. The van der Waals surface area contributed by atoms with Crippen molar-refractivity contribution in [3.05, 3.63) is 102 Å². The number of carbonyl (C=O) groups is 11. The van der Waals surface area contributed by atoms with Gasteiger partial charge in [-0.05, 0) is 73.4 Å². The highest BCUT2D eigenvalue weighted by Gasteiger charge is 2.42. The number of likely N-dealkylation sites (tertiary alicyclic amines) is 1. The minimum absolute atomic E-state index is 0.00643. The van der Waals surface area contributed by atoms with Gasteiger partial charge in [0.25, 0.3) is 5.91 Å². The number of carbonyl (C=O) groups excluding carboxylic acids is 11. The largest absolute Gasteiger partial charge is 0.508 e. The molecule has 3 aromatic carbocycles. The van der Waals surface area contributed by atoms with Gasteiger partial charge in [-0.2, -0.15) is 0 Å². The number of hydrogen-bond acceptors (Lipinski definition) is 14. The standard InChI is InChI=1S/C57H78N16O13/c1-30(2)24-41(50(80)65-39(16-11-22-62-56(60)61-5)49(79)66-40(48(59)78)27-35-29-63-38-15-10-9-14-37(35)38)69-57(86)72-71-52(82)42(25-33-12-7-6-8-13-33)68-54(84)47(31(3)74)70-51(81)43(28-46(58)77)67-53(83)45-21-23-73(45)55(85)44(64-32(4)75)26-34-17-19-36(76)20-18-34/h6-10,12-15,17-20,29-31,39-45,47,63,74,76H,11,16,21-28H2,1-5H3,(H2,58,77)(H2,59,78)(H,64,75)(H,65,80)(H,66,79)(H,67,83)(H,68,84)(H,70,81)(H,71,82)(H3,60,61,62)(H2,69,72,86)/t31-,39+,40+,41+,42+,43+,44-,45?,47+/m1/s1. The van der Waals surface area contributed by atoms with Crippen LogP contribution < -0.4 is 70.2 Å². The van der Waals surface area contributed by atoms with Crippen molar-refractivity contribution in [2.75, 3.05) is 20.1 Å². The monoisotopic (exact) mass is 1190 g/mol. The van der Waals surface area contributed by atoms with Crippen molar-refractivity contribution in [3.63, 3.8) is 0 Å². The number of aromatic hydroxyl groups is 1. The second kappa shape index (κ2) is 32.3. The summed E-state index contributed by atoms with van der Waals surface area (Å²) in [5.74, 6) is -9.02. The summed E-state index contributed by atoms with van der Waals surface area (Å²) in [7, 11) is 1.54. The smallest absolute Gasteiger partial charge is 0.334 e. The van der Waals surface area contributed by atoms with Crippen molar-refractivity contribution < 1.29 is 63.0 Å². The number of nitrogens with two attached hydrogens (primary N) is 2. The molecule has 1 saturated heterocycles. The van der Waals surface area contributed by atoms with Gasteiger partial charge in [-0.3, -0.25) is 58.8 Å². The Morgan fingerprint density at radius 1 is 0.674 bits per heavy atom. The molecule has 9 atom stereocenters. The molecular weight excluding hydrogens is 1120 g/mol. The second-order valence-electron chi connectivity index (χ2n) is 21.2. The van der Waals surface area contributed by atoms with E-state index in [0.29, 0.717) is 16.7 Å². The van der Waals surface area contributed by atoms with Crippen LogP contribution in [0.3, 0.4) is 0 Å². The van der Waals surface area contributed by atoms with Crippen LogP contribution in [0.4, 0.5) is 4.79 Å². The van der Waals surface area contributed by atoms with Crippen molar-refractivity contribution in [1.29, 1.82) is 5.41 Å². The van der Waals surface area contributed by atoms with Gasteiger partial charge in [0.15, 0.2) is 5.96 Å². The van der Waals surface area contributed by atoms with Gasteiger partial charge < -0.3 is 79.4 Å². The van der Waals surface area contributed by atoms with Crippen molar-refractivity contribution >= 4 is 82.0 Å². The van der Waals surface area contributed by atoms with E-state index in [9.17, 15) is 63.0 Å². The zero-order valence-corrected chi connectivity index (χ0v) is 48.4. The van der Waals surface area contributed by atoms with Crippen LogP contribution >= 0.6 is 0 Å². The predicted molar refractivity (Wildman–Crippen MR) is 313 cm³/mol. The first-order chi connectivity index (χ1) is 40.8. The van der Waals surface area contributed by atoms with Crippen molar-refractivity contribution in [2.24, 2.45) is 17.4 Å². The Kier molecular flexibility index (Phi) is 25.2. The molecule has 1 aliphatic heterocycles. The summed E-state index contributed by atoms with van der Waals surface area (Å²) < 4.78 is 0.